The summed E-state index contributed by atoms with van der Waals surface area (Å²) in [6, 6.07) is 5.86. The average molecular weight is 261 g/mol. The molecule has 0 aliphatic rings. The van der Waals surface area contributed by atoms with E-state index in [-0.39, 0.29) is 6.03 Å². The summed E-state index contributed by atoms with van der Waals surface area (Å²) in [5, 5.41) is 5.51. The molecule has 5 heteroatoms. The van der Waals surface area contributed by atoms with E-state index in [0.717, 1.165) is 29.5 Å². The number of benzene rings is 1. The van der Waals surface area contributed by atoms with Crippen LogP contribution >= 0.6 is 0 Å². The third-order valence-electron chi connectivity index (χ3n) is 2.85. The number of rotatable bonds is 5. The van der Waals surface area contributed by atoms with Crippen molar-refractivity contribution in [3.05, 3.63) is 29.7 Å². The molecule has 0 saturated carbocycles. The topological polar surface area (TPSA) is 67.2 Å². The number of carbonyl (C=O) groups excluding carboxylic acids is 1. The number of fused-ring (bicyclic) bond motifs is 1. The van der Waals surface area contributed by atoms with Crippen molar-refractivity contribution < 1.29 is 9.21 Å². The van der Waals surface area contributed by atoms with Crippen LogP contribution in [0.4, 0.5) is 4.79 Å². The molecule has 0 saturated heterocycles. The van der Waals surface area contributed by atoms with Gasteiger partial charge in [0.05, 0.1) is 0 Å². The van der Waals surface area contributed by atoms with Gasteiger partial charge in [-0.25, -0.2) is 9.78 Å². The average Bonchev–Trinajstić information content (AvgIpc) is 2.76. The molecule has 1 aromatic heterocycles. The van der Waals surface area contributed by atoms with Crippen LogP contribution in [0, 0.1) is 6.92 Å². The number of nitrogens with zero attached hydrogens (tertiary/aromatic N) is 1. The van der Waals surface area contributed by atoms with Crippen LogP contribution in [-0.2, 0) is 6.42 Å². The van der Waals surface area contributed by atoms with E-state index in [2.05, 4.69) is 15.6 Å². The molecule has 0 aliphatic carbocycles. The van der Waals surface area contributed by atoms with E-state index in [0.29, 0.717) is 19.0 Å². The molecule has 2 N–H and O–H groups in total. The van der Waals surface area contributed by atoms with E-state index >= 15 is 0 Å². The second-order valence-corrected chi connectivity index (χ2v) is 4.39. The first-order chi connectivity index (χ1) is 9.20. The Hall–Kier alpha value is -2.04. The number of oxazole rings is 1. The molecule has 0 fully saturated rings. The van der Waals surface area contributed by atoms with Crippen LogP contribution in [0.5, 0.6) is 0 Å². The highest BCUT2D eigenvalue weighted by atomic mass is 16.3. The zero-order valence-electron chi connectivity index (χ0n) is 11.3. The molecule has 0 radical (unpaired) electrons. The summed E-state index contributed by atoms with van der Waals surface area (Å²) in [4.78, 5) is 15.5. The Bertz CT molecular complexity index is 563. The molecule has 0 aliphatic heterocycles. The minimum Gasteiger partial charge on any atom is -0.441 e. The molecule has 1 heterocycles. The van der Waals surface area contributed by atoms with Gasteiger partial charge in [-0.1, -0.05) is 12.1 Å². The summed E-state index contributed by atoms with van der Waals surface area (Å²) < 4.78 is 5.60. The number of nitrogens with one attached hydrogen (secondary N) is 2. The first-order valence-electron chi connectivity index (χ1n) is 6.57. The summed E-state index contributed by atoms with van der Waals surface area (Å²) in [6.45, 7) is 5.03. The van der Waals surface area contributed by atoms with Gasteiger partial charge in [0.15, 0.2) is 11.5 Å². The monoisotopic (exact) mass is 261 g/mol. The highest BCUT2D eigenvalue weighted by molar-refractivity contribution is 5.76. The molecule has 2 rings (SSSR count). The number of carbonyl (C=O) groups is 1. The standard InChI is InChI=1S/C14H19N3O2/c1-3-15-14(18)16-9-5-7-11-6-4-8-12-13(11)19-10(2)17-12/h4,6,8H,3,5,7,9H2,1-2H3,(H2,15,16,18). The predicted molar refractivity (Wildman–Crippen MR) is 74.1 cm³/mol. The van der Waals surface area contributed by atoms with Crippen LogP contribution in [0.1, 0.15) is 24.8 Å². The fraction of sp³-hybridized carbons (Fsp3) is 0.429. The summed E-state index contributed by atoms with van der Waals surface area (Å²) in [7, 11) is 0. The largest absolute Gasteiger partial charge is 0.441 e. The van der Waals surface area contributed by atoms with Gasteiger partial charge >= 0.3 is 6.03 Å². The zero-order valence-corrected chi connectivity index (χ0v) is 11.3. The molecule has 0 bridgehead atoms. The lowest BCUT2D eigenvalue weighted by molar-refractivity contribution is 0.241. The summed E-state index contributed by atoms with van der Waals surface area (Å²) in [5.74, 6) is 0.683. The van der Waals surface area contributed by atoms with Gasteiger partial charge in [-0.2, -0.15) is 0 Å². The van der Waals surface area contributed by atoms with E-state index in [4.69, 9.17) is 4.42 Å². The maximum Gasteiger partial charge on any atom is 0.314 e. The molecule has 0 unspecified atom stereocenters. The minimum absolute atomic E-state index is 0.115. The number of aromatic nitrogens is 1. The fourth-order valence-electron chi connectivity index (χ4n) is 2.02. The Balaban J connectivity index is 1.89. The van der Waals surface area contributed by atoms with Crippen molar-refractivity contribution in [2.24, 2.45) is 0 Å². The Morgan fingerprint density at radius 3 is 3.00 bits per heavy atom. The first-order valence-corrected chi connectivity index (χ1v) is 6.57. The van der Waals surface area contributed by atoms with Crippen LogP contribution in [0.3, 0.4) is 0 Å². The first kappa shape index (κ1) is 13.4. The normalized spacial score (nSPS) is 10.6. The van der Waals surface area contributed by atoms with Crippen LogP contribution in [0.15, 0.2) is 22.6 Å². The van der Waals surface area contributed by atoms with Crippen molar-refractivity contribution in [3.63, 3.8) is 0 Å². The van der Waals surface area contributed by atoms with Crippen molar-refractivity contribution in [1.29, 1.82) is 0 Å². The third-order valence-corrected chi connectivity index (χ3v) is 2.85. The van der Waals surface area contributed by atoms with Crippen LogP contribution in [0.2, 0.25) is 0 Å². The lowest BCUT2D eigenvalue weighted by Gasteiger charge is -2.05. The van der Waals surface area contributed by atoms with Crippen molar-refractivity contribution in [2.45, 2.75) is 26.7 Å². The van der Waals surface area contributed by atoms with Gasteiger partial charge in [-0.3, -0.25) is 0 Å². The molecule has 19 heavy (non-hydrogen) atoms. The molecule has 2 amide bonds. The molecular formula is C14H19N3O2. The Labute approximate surface area is 112 Å². The summed E-state index contributed by atoms with van der Waals surface area (Å²) in [5.41, 5.74) is 2.89. The van der Waals surface area contributed by atoms with Gasteiger partial charge in [0.25, 0.3) is 0 Å². The molecule has 0 atom stereocenters. The number of amides is 2. The van der Waals surface area contributed by atoms with E-state index in [1.807, 2.05) is 32.0 Å². The van der Waals surface area contributed by atoms with E-state index < -0.39 is 0 Å². The second-order valence-electron chi connectivity index (χ2n) is 4.39. The van der Waals surface area contributed by atoms with Gasteiger partial charge in [-0.15, -0.1) is 0 Å². The van der Waals surface area contributed by atoms with Crippen LogP contribution in [0.25, 0.3) is 11.1 Å². The van der Waals surface area contributed by atoms with Gasteiger partial charge in [0.2, 0.25) is 0 Å². The van der Waals surface area contributed by atoms with Crippen molar-refractivity contribution >= 4 is 17.1 Å². The SMILES string of the molecule is CCNC(=O)NCCCc1cccc2nc(C)oc12. The van der Waals surface area contributed by atoms with Crippen molar-refractivity contribution in [3.8, 4) is 0 Å². The van der Waals surface area contributed by atoms with Gasteiger partial charge in [0, 0.05) is 20.0 Å². The highest BCUT2D eigenvalue weighted by Crippen LogP contribution is 2.20. The maximum atomic E-state index is 11.2. The van der Waals surface area contributed by atoms with Crippen molar-refractivity contribution in [2.75, 3.05) is 13.1 Å². The number of hydrogen-bond acceptors (Lipinski definition) is 3. The molecule has 0 spiro atoms. The van der Waals surface area contributed by atoms with Gasteiger partial charge in [0.1, 0.15) is 5.52 Å². The van der Waals surface area contributed by atoms with Crippen LogP contribution in [-0.4, -0.2) is 24.1 Å². The number of urea groups is 1. The summed E-state index contributed by atoms with van der Waals surface area (Å²) in [6.07, 6.45) is 1.73. The lowest BCUT2D eigenvalue weighted by Crippen LogP contribution is -2.35. The maximum absolute atomic E-state index is 11.2. The number of para-hydroxylation sites is 1. The van der Waals surface area contributed by atoms with Gasteiger partial charge in [-0.05, 0) is 31.4 Å². The van der Waals surface area contributed by atoms with E-state index in [9.17, 15) is 4.79 Å². The third kappa shape index (κ3) is 3.47. The molecule has 102 valence electrons. The van der Waals surface area contributed by atoms with Gasteiger partial charge < -0.3 is 15.1 Å². The fourth-order valence-corrected chi connectivity index (χ4v) is 2.02. The molecular weight excluding hydrogens is 242 g/mol. The molecule has 1 aromatic carbocycles. The lowest BCUT2D eigenvalue weighted by atomic mass is 10.1. The van der Waals surface area contributed by atoms with Crippen molar-refractivity contribution in [1.82, 2.24) is 15.6 Å². The predicted octanol–water partition coefficient (Wildman–Crippen LogP) is 2.39. The highest BCUT2D eigenvalue weighted by Gasteiger charge is 2.07. The zero-order chi connectivity index (χ0) is 13.7. The number of aryl methyl sites for hydroxylation is 2. The molecule has 5 nitrogen and oxygen atoms in total. The Morgan fingerprint density at radius 2 is 2.21 bits per heavy atom. The van der Waals surface area contributed by atoms with E-state index in [1.54, 1.807) is 0 Å². The number of hydrogen-bond donors (Lipinski definition) is 2. The minimum atomic E-state index is -0.115. The Morgan fingerprint density at radius 1 is 1.37 bits per heavy atom. The quantitative estimate of drug-likeness (QED) is 0.812. The van der Waals surface area contributed by atoms with E-state index in [1.165, 1.54) is 0 Å². The molecule has 2 aromatic rings. The smallest absolute Gasteiger partial charge is 0.314 e. The second kappa shape index (κ2) is 6.22. The Kier molecular flexibility index (Phi) is 4.39. The van der Waals surface area contributed by atoms with Crippen LogP contribution < -0.4 is 10.6 Å². The summed E-state index contributed by atoms with van der Waals surface area (Å²) >= 11 is 0.